The van der Waals surface area contributed by atoms with Crippen molar-refractivity contribution in [3.8, 4) is 0 Å². The maximum absolute atomic E-state index is 12.6. The molecule has 1 fully saturated rings. The zero-order valence-electron chi connectivity index (χ0n) is 18.8. The Labute approximate surface area is 187 Å². The molecule has 170 valence electrons. The monoisotopic (exact) mass is 437 g/mol. The van der Waals surface area contributed by atoms with E-state index in [2.05, 4.69) is 31.9 Å². The standard InChI is InChI=1S/C23H31N7O2/c1-4-8-28-14-18(15-28)7-9-30-21(31)6-5-19-12-24-23(27-22(19)30)26-20-13-25-29(16-20)10-11-32-17(2)3/h4-6,12-13,16-18H,1,7-11,14-15H2,2-3H3,(H,24,26,27). The molecule has 1 saturated heterocycles. The number of nitrogens with one attached hydrogen (secondary N) is 1. The molecule has 0 spiro atoms. The van der Waals surface area contributed by atoms with Gasteiger partial charge in [-0.25, -0.2) is 4.98 Å². The topological polar surface area (TPSA) is 90.1 Å². The zero-order chi connectivity index (χ0) is 22.5. The van der Waals surface area contributed by atoms with Gasteiger partial charge in [0.2, 0.25) is 5.95 Å². The summed E-state index contributed by atoms with van der Waals surface area (Å²) in [6, 6.07) is 3.37. The smallest absolute Gasteiger partial charge is 0.252 e. The second-order valence-electron chi connectivity index (χ2n) is 8.49. The summed E-state index contributed by atoms with van der Waals surface area (Å²) in [5.74, 6) is 1.04. The Kier molecular flexibility index (Phi) is 6.96. The first-order valence-electron chi connectivity index (χ1n) is 11.1. The summed E-state index contributed by atoms with van der Waals surface area (Å²) in [4.78, 5) is 24.0. The fourth-order valence-corrected chi connectivity index (χ4v) is 3.91. The Bertz CT molecular complexity index is 1110. The lowest BCUT2D eigenvalue weighted by Crippen LogP contribution is -2.47. The number of fused-ring (bicyclic) bond motifs is 1. The number of aryl methyl sites for hydroxylation is 1. The summed E-state index contributed by atoms with van der Waals surface area (Å²) in [7, 11) is 0. The van der Waals surface area contributed by atoms with E-state index in [9.17, 15) is 4.79 Å². The van der Waals surface area contributed by atoms with Crippen molar-refractivity contribution in [3.63, 3.8) is 0 Å². The lowest BCUT2D eigenvalue weighted by molar-refractivity contribution is 0.0710. The molecule has 0 unspecified atom stereocenters. The molecule has 1 aliphatic rings. The molecule has 0 saturated carbocycles. The third-order valence-corrected chi connectivity index (χ3v) is 5.57. The molecule has 32 heavy (non-hydrogen) atoms. The van der Waals surface area contributed by atoms with E-state index >= 15 is 0 Å². The van der Waals surface area contributed by atoms with Crippen LogP contribution in [-0.2, 0) is 17.8 Å². The highest BCUT2D eigenvalue weighted by molar-refractivity contribution is 5.75. The van der Waals surface area contributed by atoms with E-state index in [0.717, 1.165) is 37.1 Å². The van der Waals surface area contributed by atoms with Crippen molar-refractivity contribution in [1.29, 1.82) is 0 Å². The summed E-state index contributed by atoms with van der Waals surface area (Å²) in [6.45, 7) is 12.8. The Balaban J connectivity index is 1.44. The number of hydrogen-bond donors (Lipinski definition) is 1. The lowest BCUT2D eigenvalue weighted by atomic mass is 9.96. The molecular formula is C23H31N7O2. The normalized spacial score (nSPS) is 14.7. The van der Waals surface area contributed by atoms with Crippen LogP contribution in [0.5, 0.6) is 0 Å². The van der Waals surface area contributed by atoms with Gasteiger partial charge in [-0.05, 0) is 32.3 Å². The van der Waals surface area contributed by atoms with E-state index < -0.39 is 0 Å². The van der Waals surface area contributed by atoms with E-state index in [0.29, 0.717) is 37.2 Å². The minimum atomic E-state index is -0.0395. The minimum absolute atomic E-state index is 0.0395. The number of pyridine rings is 1. The second-order valence-corrected chi connectivity index (χ2v) is 8.49. The summed E-state index contributed by atoms with van der Waals surface area (Å²) >= 11 is 0. The molecule has 1 aliphatic heterocycles. The number of hydrogen-bond acceptors (Lipinski definition) is 7. The summed E-state index contributed by atoms with van der Waals surface area (Å²) in [5, 5.41) is 8.38. The minimum Gasteiger partial charge on any atom is -0.377 e. The van der Waals surface area contributed by atoms with Gasteiger partial charge in [0.1, 0.15) is 5.65 Å². The molecule has 1 N–H and O–H groups in total. The van der Waals surface area contributed by atoms with E-state index in [1.807, 2.05) is 30.8 Å². The van der Waals surface area contributed by atoms with Crippen LogP contribution in [0.3, 0.4) is 0 Å². The molecule has 0 atom stereocenters. The molecule has 0 bridgehead atoms. The van der Waals surface area contributed by atoms with Crippen LogP contribution < -0.4 is 10.9 Å². The van der Waals surface area contributed by atoms with Gasteiger partial charge in [0.15, 0.2) is 0 Å². The highest BCUT2D eigenvalue weighted by Crippen LogP contribution is 2.21. The molecule has 9 heteroatoms. The van der Waals surface area contributed by atoms with Crippen LogP contribution in [0.4, 0.5) is 11.6 Å². The van der Waals surface area contributed by atoms with Crippen molar-refractivity contribution < 1.29 is 4.74 Å². The van der Waals surface area contributed by atoms with Gasteiger partial charge >= 0.3 is 0 Å². The molecular weight excluding hydrogens is 406 g/mol. The van der Waals surface area contributed by atoms with Gasteiger partial charge in [0, 0.05) is 50.0 Å². The molecule has 4 rings (SSSR count). The SMILES string of the molecule is C=CCN1CC(CCn2c(=O)ccc3cnc(Nc4cnn(CCOC(C)C)c4)nc32)C1. The quantitative estimate of drug-likeness (QED) is 0.461. The molecule has 3 aromatic rings. The van der Waals surface area contributed by atoms with Crippen molar-refractivity contribution in [3.05, 3.63) is 53.7 Å². The average molecular weight is 438 g/mol. The van der Waals surface area contributed by atoms with Gasteiger partial charge in [0.25, 0.3) is 5.56 Å². The molecule has 0 amide bonds. The number of ether oxygens (including phenoxy) is 1. The summed E-state index contributed by atoms with van der Waals surface area (Å²) in [6.07, 6.45) is 8.44. The van der Waals surface area contributed by atoms with E-state index in [-0.39, 0.29) is 11.7 Å². The summed E-state index contributed by atoms with van der Waals surface area (Å²) < 4.78 is 9.14. The molecule has 0 aromatic carbocycles. The van der Waals surface area contributed by atoms with Gasteiger partial charge in [-0.15, -0.1) is 6.58 Å². The maximum atomic E-state index is 12.6. The highest BCUT2D eigenvalue weighted by Gasteiger charge is 2.25. The van der Waals surface area contributed by atoms with Gasteiger partial charge in [0.05, 0.1) is 31.1 Å². The Morgan fingerprint density at radius 1 is 1.28 bits per heavy atom. The largest absolute Gasteiger partial charge is 0.377 e. The Morgan fingerprint density at radius 3 is 2.91 bits per heavy atom. The Morgan fingerprint density at radius 2 is 2.12 bits per heavy atom. The average Bonchev–Trinajstić information content (AvgIpc) is 3.17. The summed E-state index contributed by atoms with van der Waals surface area (Å²) in [5.41, 5.74) is 1.40. The van der Waals surface area contributed by atoms with Crippen molar-refractivity contribution in [2.75, 3.05) is 31.6 Å². The van der Waals surface area contributed by atoms with E-state index in [1.54, 1.807) is 29.1 Å². The predicted molar refractivity (Wildman–Crippen MR) is 125 cm³/mol. The number of anilines is 2. The molecule has 0 aliphatic carbocycles. The molecule has 3 aromatic heterocycles. The van der Waals surface area contributed by atoms with Crippen molar-refractivity contribution >= 4 is 22.7 Å². The van der Waals surface area contributed by atoms with Gasteiger partial charge in [-0.1, -0.05) is 6.08 Å². The van der Waals surface area contributed by atoms with Crippen LogP contribution in [-0.4, -0.2) is 61.6 Å². The van der Waals surface area contributed by atoms with Gasteiger partial charge in [-0.2, -0.15) is 10.1 Å². The Hall–Kier alpha value is -3.04. The van der Waals surface area contributed by atoms with Gasteiger partial charge < -0.3 is 10.1 Å². The van der Waals surface area contributed by atoms with Crippen LogP contribution in [0.2, 0.25) is 0 Å². The van der Waals surface area contributed by atoms with Crippen LogP contribution in [0, 0.1) is 5.92 Å². The van der Waals surface area contributed by atoms with Crippen molar-refractivity contribution in [2.24, 2.45) is 5.92 Å². The predicted octanol–water partition coefficient (Wildman–Crippen LogP) is 2.66. The fourth-order valence-electron chi connectivity index (χ4n) is 3.91. The second kappa shape index (κ2) is 10.1. The highest BCUT2D eigenvalue weighted by atomic mass is 16.5. The first-order chi connectivity index (χ1) is 15.5. The number of rotatable bonds is 11. The van der Waals surface area contributed by atoms with Crippen LogP contribution in [0.25, 0.3) is 11.0 Å². The zero-order valence-corrected chi connectivity index (χ0v) is 18.8. The van der Waals surface area contributed by atoms with Gasteiger partial charge in [-0.3, -0.25) is 18.9 Å². The third-order valence-electron chi connectivity index (χ3n) is 5.57. The van der Waals surface area contributed by atoms with Crippen molar-refractivity contribution in [1.82, 2.24) is 29.2 Å². The third kappa shape index (κ3) is 5.41. The fraction of sp³-hybridized carbons (Fsp3) is 0.478. The molecule has 9 nitrogen and oxygen atoms in total. The number of nitrogens with zero attached hydrogens (tertiary/aromatic N) is 6. The number of likely N-dealkylation sites (tertiary alicyclic amines) is 1. The van der Waals surface area contributed by atoms with E-state index in [1.165, 1.54) is 0 Å². The molecule has 0 radical (unpaired) electrons. The van der Waals surface area contributed by atoms with Crippen LogP contribution in [0.15, 0.2) is 48.2 Å². The first kappa shape index (κ1) is 22.2. The van der Waals surface area contributed by atoms with E-state index in [4.69, 9.17) is 4.74 Å². The molecule has 4 heterocycles. The maximum Gasteiger partial charge on any atom is 0.252 e. The number of aromatic nitrogens is 5. The first-order valence-corrected chi connectivity index (χ1v) is 11.1. The van der Waals surface area contributed by atoms with Crippen LogP contribution >= 0.6 is 0 Å². The van der Waals surface area contributed by atoms with Crippen LogP contribution in [0.1, 0.15) is 20.3 Å². The van der Waals surface area contributed by atoms with Crippen molar-refractivity contribution in [2.45, 2.75) is 39.5 Å². The lowest BCUT2D eigenvalue weighted by Gasteiger charge is -2.38.